The summed E-state index contributed by atoms with van der Waals surface area (Å²) in [6.07, 6.45) is 3.06. The topological polar surface area (TPSA) is 26.0 Å². The number of benzene rings is 1. The maximum atomic E-state index is 6.33. The maximum Gasteiger partial charge on any atom is 0.0189 e. The van der Waals surface area contributed by atoms with Crippen molar-refractivity contribution in [3.63, 3.8) is 0 Å². The lowest BCUT2D eigenvalue weighted by atomic mass is 9.86. The minimum absolute atomic E-state index is 0.0275. The highest BCUT2D eigenvalue weighted by Gasteiger charge is 2.20. The maximum absolute atomic E-state index is 6.33. The van der Waals surface area contributed by atoms with E-state index in [-0.39, 0.29) is 5.54 Å². The Bertz CT molecular complexity index is 304. The van der Waals surface area contributed by atoms with Crippen LogP contribution in [0.2, 0.25) is 0 Å². The number of nitrogens with two attached hydrogens (primary N) is 1. The average molecular weight is 205 g/mol. The van der Waals surface area contributed by atoms with Gasteiger partial charge in [-0.05, 0) is 38.7 Å². The Morgan fingerprint density at radius 3 is 1.87 bits per heavy atom. The van der Waals surface area contributed by atoms with Gasteiger partial charge in [-0.1, -0.05) is 43.2 Å². The molecule has 0 saturated heterocycles. The standard InChI is InChI=1S/C14H23N/c1-5-14(15,6-2)10-13-8-11(3)7-12(4)9-13/h7-9H,5-6,10,15H2,1-4H3. The van der Waals surface area contributed by atoms with Gasteiger partial charge in [0.15, 0.2) is 0 Å². The Hall–Kier alpha value is -0.820. The first-order chi connectivity index (χ1) is 6.99. The smallest absolute Gasteiger partial charge is 0.0189 e. The molecule has 15 heavy (non-hydrogen) atoms. The molecule has 1 aromatic carbocycles. The van der Waals surface area contributed by atoms with E-state index in [0.29, 0.717) is 0 Å². The van der Waals surface area contributed by atoms with Crippen LogP contribution in [0.5, 0.6) is 0 Å². The second kappa shape index (κ2) is 4.80. The van der Waals surface area contributed by atoms with Crippen LogP contribution in [0.3, 0.4) is 0 Å². The van der Waals surface area contributed by atoms with E-state index in [1.807, 2.05) is 0 Å². The summed E-state index contributed by atoms with van der Waals surface area (Å²) in [4.78, 5) is 0. The van der Waals surface area contributed by atoms with E-state index in [9.17, 15) is 0 Å². The largest absolute Gasteiger partial charge is 0.325 e. The van der Waals surface area contributed by atoms with Gasteiger partial charge in [0.1, 0.15) is 0 Å². The van der Waals surface area contributed by atoms with Gasteiger partial charge in [-0.25, -0.2) is 0 Å². The molecule has 0 fully saturated rings. The second-order valence-corrected chi connectivity index (χ2v) is 4.74. The van der Waals surface area contributed by atoms with Crippen molar-refractivity contribution in [2.45, 2.75) is 52.5 Å². The molecule has 84 valence electrons. The summed E-state index contributed by atoms with van der Waals surface area (Å²) in [6.45, 7) is 8.64. The highest BCUT2D eigenvalue weighted by atomic mass is 14.7. The number of rotatable bonds is 4. The SMILES string of the molecule is CCC(N)(CC)Cc1cc(C)cc(C)c1. The summed E-state index contributed by atoms with van der Waals surface area (Å²) in [5.41, 5.74) is 10.3. The summed E-state index contributed by atoms with van der Waals surface area (Å²) in [6, 6.07) is 6.71. The molecule has 0 aliphatic carbocycles. The zero-order chi connectivity index (χ0) is 11.5. The van der Waals surface area contributed by atoms with Gasteiger partial charge >= 0.3 is 0 Å². The summed E-state index contributed by atoms with van der Waals surface area (Å²) in [5, 5.41) is 0. The Morgan fingerprint density at radius 2 is 1.47 bits per heavy atom. The first kappa shape index (κ1) is 12.3. The van der Waals surface area contributed by atoms with Crippen LogP contribution in [-0.4, -0.2) is 5.54 Å². The van der Waals surface area contributed by atoms with Crippen LogP contribution in [0.15, 0.2) is 18.2 Å². The van der Waals surface area contributed by atoms with Gasteiger partial charge in [-0.15, -0.1) is 0 Å². The molecule has 2 N–H and O–H groups in total. The van der Waals surface area contributed by atoms with Gasteiger partial charge in [0, 0.05) is 5.54 Å². The molecule has 0 atom stereocenters. The van der Waals surface area contributed by atoms with E-state index < -0.39 is 0 Å². The lowest BCUT2D eigenvalue weighted by Crippen LogP contribution is -2.40. The molecule has 1 aromatic rings. The molecular weight excluding hydrogens is 182 g/mol. The molecule has 0 heterocycles. The number of aryl methyl sites for hydroxylation is 2. The normalized spacial score (nSPS) is 11.8. The second-order valence-electron chi connectivity index (χ2n) is 4.74. The van der Waals surface area contributed by atoms with Gasteiger partial charge in [0.05, 0.1) is 0 Å². The predicted octanol–water partition coefficient (Wildman–Crippen LogP) is 3.36. The van der Waals surface area contributed by atoms with Crippen LogP contribution in [0.25, 0.3) is 0 Å². The molecule has 0 unspecified atom stereocenters. The molecule has 1 nitrogen and oxygen atoms in total. The van der Waals surface area contributed by atoms with Gasteiger partial charge in [0.2, 0.25) is 0 Å². The van der Waals surface area contributed by atoms with Crippen molar-refractivity contribution in [3.8, 4) is 0 Å². The van der Waals surface area contributed by atoms with Crippen molar-refractivity contribution in [1.82, 2.24) is 0 Å². The van der Waals surface area contributed by atoms with Crippen molar-refractivity contribution in [2.24, 2.45) is 5.73 Å². The summed E-state index contributed by atoms with van der Waals surface area (Å²) >= 11 is 0. The summed E-state index contributed by atoms with van der Waals surface area (Å²) in [5.74, 6) is 0. The van der Waals surface area contributed by atoms with E-state index in [4.69, 9.17) is 5.73 Å². The van der Waals surface area contributed by atoms with Gasteiger partial charge in [0.25, 0.3) is 0 Å². The Morgan fingerprint density at radius 1 is 1.00 bits per heavy atom. The zero-order valence-electron chi connectivity index (χ0n) is 10.4. The fourth-order valence-corrected chi connectivity index (χ4v) is 2.08. The van der Waals surface area contributed by atoms with E-state index in [2.05, 4.69) is 45.9 Å². The monoisotopic (exact) mass is 205 g/mol. The molecular formula is C14H23N. The Kier molecular flexibility index (Phi) is 3.92. The van der Waals surface area contributed by atoms with Crippen molar-refractivity contribution < 1.29 is 0 Å². The van der Waals surface area contributed by atoms with Crippen LogP contribution >= 0.6 is 0 Å². The third-order valence-corrected chi connectivity index (χ3v) is 3.25. The highest BCUT2D eigenvalue weighted by Crippen LogP contribution is 2.20. The molecule has 0 saturated carbocycles. The summed E-state index contributed by atoms with van der Waals surface area (Å²) in [7, 11) is 0. The molecule has 0 aliphatic rings. The molecule has 0 aliphatic heterocycles. The van der Waals surface area contributed by atoms with Crippen molar-refractivity contribution in [3.05, 3.63) is 34.9 Å². The third kappa shape index (κ3) is 3.35. The Balaban J connectivity index is 2.88. The highest BCUT2D eigenvalue weighted by molar-refractivity contribution is 5.29. The molecule has 0 bridgehead atoms. The molecule has 1 rings (SSSR count). The van der Waals surface area contributed by atoms with Gasteiger partial charge in [-0.3, -0.25) is 0 Å². The van der Waals surface area contributed by atoms with Crippen molar-refractivity contribution in [2.75, 3.05) is 0 Å². The quantitative estimate of drug-likeness (QED) is 0.801. The molecule has 0 spiro atoms. The fraction of sp³-hybridized carbons (Fsp3) is 0.571. The van der Waals surface area contributed by atoms with E-state index in [0.717, 1.165) is 19.3 Å². The van der Waals surface area contributed by atoms with E-state index in [1.54, 1.807) is 0 Å². The van der Waals surface area contributed by atoms with Crippen molar-refractivity contribution in [1.29, 1.82) is 0 Å². The van der Waals surface area contributed by atoms with Crippen molar-refractivity contribution >= 4 is 0 Å². The minimum Gasteiger partial charge on any atom is -0.325 e. The minimum atomic E-state index is -0.0275. The van der Waals surface area contributed by atoms with Crippen LogP contribution in [0.4, 0.5) is 0 Å². The Labute approximate surface area is 93.7 Å². The van der Waals surface area contributed by atoms with E-state index in [1.165, 1.54) is 16.7 Å². The molecule has 0 aromatic heterocycles. The first-order valence-electron chi connectivity index (χ1n) is 5.85. The zero-order valence-corrected chi connectivity index (χ0v) is 10.4. The first-order valence-corrected chi connectivity index (χ1v) is 5.85. The van der Waals surface area contributed by atoms with Gasteiger partial charge < -0.3 is 5.73 Å². The fourth-order valence-electron chi connectivity index (χ4n) is 2.08. The third-order valence-electron chi connectivity index (χ3n) is 3.25. The van der Waals surface area contributed by atoms with Crippen LogP contribution in [0, 0.1) is 13.8 Å². The molecule has 1 heteroatoms. The number of hydrogen-bond acceptors (Lipinski definition) is 1. The lowest BCUT2D eigenvalue weighted by molar-refractivity contribution is 0.393. The van der Waals surface area contributed by atoms with Crippen LogP contribution in [-0.2, 0) is 6.42 Å². The van der Waals surface area contributed by atoms with E-state index >= 15 is 0 Å². The van der Waals surface area contributed by atoms with Crippen LogP contribution < -0.4 is 5.73 Å². The number of hydrogen-bond donors (Lipinski definition) is 1. The van der Waals surface area contributed by atoms with Crippen LogP contribution in [0.1, 0.15) is 43.4 Å². The summed E-state index contributed by atoms with van der Waals surface area (Å²) < 4.78 is 0. The predicted molar refractivity (Wildman–Crippen MR) is 67.1 cm³/mol. The molecule has 0 amide bonds. The average Bonchev–Trinajstić information content (AvgIpc) is 2.16. The van der Waals surface area contributed by atoms with Gasteiger partial charge in [-0.2, -0.15) is 0 Å². The lowest BCUT2D eigenvalue weighted by Gasteiger charge is -2.27. The molecule has 0 radical (unpaired) electrons.